The number of benzene rings is 1. The Morgan fingerprint density at radius 2 is 2.00 bits per heavy atom. The van der Waals surface area contributed by atoms with E-state index >= 15 is 0 Å². The van der Waals surface area contributed by atoms with Crippen molar-refractivity contribution < 1.29 is 4.79 Å². The van der Waals surface area contributed by atoms with Crippen LogP contribution in [0.15, 0.2) is 27.1 Å². The molecule has 0 spiro atoms. The third-order valence-electron chi connectivity index (χ3n) is 3.62. The normalized spacial score (nSPS) is 23.2. The minimum Gasteiger partial charge on any atom is -0.337 e. The van der Waals surface area contributed by atoms with Crippen LogP contribution in [-0.2, 0) is 0 Å². The van der Waals surface area contributed by atoms with E-state index in [1.807, 2.05) is 25.2 Å². The molecule has 1 aromatic rings. The molecule has 2 rings (SSSR count). The number of carbonyl (C=O) groups excluding carboxylic acids is 1. The summed E-state index contributed by atoms with van der Waals surface area (Å²) in [7, 11) is 1.85. The van der Waals surface area contributed by atoms with Gasteiger partial charge in [0.05, 0.1) is 10.9 Å². The fourth-order valence-corrected chi connectivity index (χ4v) is 3.73. The molecule has 0 N–H and O–H groups in total. The summed E-state index contributed by atoms with van der Waals surface area (Å²) in [5.41, 5.74) is 0.673. The molecule has 0 aromatic heterocycles. The Bertz CT molecular complexity index is 481. The van der Waals surface area contributed by atoms with Crippen molar-refractivity contribution in [3.8, 4) is 0 Å². The van der Waals surface area contributed by atoms with Crippen molar-refractivity contribution in [2.45, 2.75) is 37.1 Å². The van der Waals surface area contributed by atoms with E-state index in [4.69, 9.17) is 11.6 Å². The highest BCUT2D eigenvalue weighted by atomic mass is 79.9. The van der Waals surface area contributed by atoms with Crippen molar-refractivity contribution in [1.29, 1.82) is 0 Å². The number of nitrogens with zero attached hydrogens (tertiary/aromatic N) is 1. The van der Waals surface area contributed by atoms with E-state index in [-0.39, 0.29) is 17.3 Å². The Labute approximate surface area is 135 Å². The molecule has 2 nitrogen and oxygen atoms in total. The lowest BCUT2D eigenvalue weighted by atomic mass is 9.93. The fraction of sp³-hybridized carbons (Fsp3) is 0.500. The van der Waals surface area contributed by atoms with E-state index in [2.05, 4.69) is 31.9 Å². The molecule has 0 bridgehead atoms. The third-order valence-corrected chi connectivity index (χ3v) is 5.32. The summed E-state index contributed by atoms with van der Waals surface area (Å²) in [6, 6.07) is 5.76. The van der Waals surface area contributed by atoms with E-state index < -0.39 is 0 Å². The van der Waals surface area contributed by atoms with Gasteiger partial charge in [0.25, 0.3) is 5.91 Å². The zero-order valence-electron chi connectivity index (χ0n) is 10.7. The smallest absolute Gasteiger partial charge is 0.255 e. The van der Waals surface area contributed by atoms with Gasteiger partial charge in [0.1, 0.15) is 0 Å². The summed E-state index contributed by atoms with van der Waals surface area (Å²) < 4.78 is 1.72. The second-order valence-electron chi connectivity index (χ2n) is 4.91. The molecule has 19 heavy (non-hydrogen) atoms. The second kappa shape index (κ2) is 6.59. The summed E-state index contributed by atoms with van der Waals surface area (Å²) in [4.78, 5) is 14.4. The lowest BCUT2D eigenvalue weighted by Crippen LogP contribution is -2.44. The molecule has 2 unspecified atom stereocenters. The topological polar surface area (TPSA) is 20.3 Å². The van der Waals surface area contributed by atoms with Gasteiger partial charge >= 0.3 is 0 Å². The van der Waals surface area contributed by atoms with Gasteiger partial charge < -0.3 is 4.90 Å². The Balaban J connectivity index is 2.20. The molecule has 104 valence electrons. The molecular formula is C14H16Br2ClNO. The quantitative estimate of drug-likeness (QED) is 0.641. The van der Waals surface area contributed by atoms with Crippen LogP contribution < -0.4 is 0 Å². The predicted octanol–water partition coefficient (Wildman–Crippen LogP) is 4.83. The van der Waals surface area contributed by atoms with Crippen LogP contribution in [0.5, 0.6) is 0 Å². The van der Waals surface area contributed by atoms with Gasteiger partial charge in [-0.3, -0.25) is 4.79 Å². The molecule has 1 saturated carbocycles. The first kappa shape index (κ1) is 15.3. The first-order chi connectivity index (χ1) is 9.00. The Morgan fingerprint density at radius 1 is 1.32 bits per heavy atom. The van der Waals surface area contributed by atoms with E-state index in [0.717, 1.165) is 34.6 Å². The maximum atomic E-state index is 12.6. The Morgan fingerprint density at radius 3 is 2.68 bits per heavy atom. The molecule has 1 fully saturated rings. The van der Waals surface area contributed by atoms with Crippen molar-refractivity contribution in [2.75, 3.05) is 7.05 Å². The molecule has 1 aromatic carbocycles. The van der Waals surface area contributed by atoms with Gasteiger partial charge in [-0.15, -0.1) is 11.6 Å². The third kappa shape index (κ3) is 3.53. The van der Waals surface area contributed by atoms with Crippen LogP contribution in [0.25, 0.3) is 0 Å². The Kier molecular flexibility index (Phi) is 5.32. The summed E-state index contributed by atoms with van der Waals surface area (Å²) in [5.74, 6) is 0.0192. The van der Waals surface area contributed by atoms with Crippen LogP contribution in [0.4, 0.5) is 0 Å². The summed E-state index contributed by atoms with van der Waals surface area (Å²) in [6.45, 7) is 0. The van der Waals surface area contributed by atoms with Crippen molar-refractivity contribution in [3.05, 3.63) is 32.7 Å². The largest absolute Gasteiger partial charge is 0.337 e. The number of carbonyl (C=O) groups is 1. The number of rotatable bonds is 2. The van der Waals surface area contributed by atoms with Gasteiger partial charge in [-0.25, -0.2) is 0 Å². The van der Waals surface area contributed by atoms with Crippen LogP contribution in [0, 0.1) is 0 Å². The molecular weight excluding hydrogens is 393 g/mol. The van der Waals surface area contributed by atoms with E-state index in [1.54, 1.807) is 4.90 Å². The van der Waals surface area contributed by atoms with Gasteiger partial charge in [0.2, 0.25) is 0 Å². The summed E-state index contributed by atoms with van der Waals surface area (Å²) in [5, 5.41) is 0.0635. The SMILES string of the molecule is CN(C(=O)c1cc(Br)ccc1Br)C1CCCCC1Cl. The minimum absolute atomic E-state index is 0.0192. The van der Waals surface area contributed by atoms with Crippen molar-refractivity contribution in [1.82, 2.24) is 4.90 Å². The van der Waals surface area contributed by atoms with Crippen LogP contribution in [-0.4, -0.2) is 29.3 Å². The summed E-state index contributed by atoms with van der Waals surface area (Å²) >= 11 is 13.2. The van der Waals surface area contributed by atoms with Gasteiger partial charge in [-0.1, -0.05) is 28.8 Å². The molecule has 0 aliphatic heterocycles. The second-order valence-corrected chi connectivity index (χ2v) is 7.24. The maximum Gasteiger partial charge on any atom is 0.255 e. The van der Waals surface area contributed by atoms with E-state index in [1.165, 1.54) is 0 Å². The van der Waals surface area contributed by atoms with Gasteiger partial charge in [-0.05, 0) is 47.0 Å². The highest BCUT2D eigenvalue weighted by Crippen LogP contribution is 2.29. The van der Waals surface area contributed by atoms with Gasteiger partial charge in [0.15, 0.2) is 0 Å². The monoisotopic (exact) mass is 407 g/mol. The predicted molar refractivity (Wildman–Crippen MR) is 85.8 cm³/mol. The molecule has 1 aliphatic rings. The Hall–Kier alpha value is -0.0600. The fourth-order valence-electron chi connectivity index (χ4n) is 2.50. The van der Waals surface area contributed by atoms with Gasteiger partial charge in [-0.2, -0.15) is 0 Å². The van der Waals surface area contributed by atoms with Crippen molar-refractivity contribution in [2.24, 2.45) is 0 Å². The van der Waals surface area contributed by atoms with Crippen LogP contribution >= 0.6 is 43.5 Å². The van der Waals surface area contributed by atoms with Crippen LogP contribution in [0.1, 0.15) is 36.0 Å². The van der Waals surface area contributed by atoms with Crippen LogP contribution in [0.2, 0.25) is 0 Å². The van der Waals surface area contributed by atoms with Gasteiger partial charge in [0, 0.05) is 22.0 Å². The average Bonchev–Trinajstić information content (AvgIpc) is 2.40. The zero-order chi connectivity index (χ0) is 14.0. The number of hydrogen-bond acceptors (Lipinski definition) is 1. The molecule has 5 heteroatoms. The highest BCUT2D eigenvalue weighted by molar-refractivity contribution is 9.11. The molecule has 0 saturated heterocycles. The van der Waals surface area contributed by atoms with Crippen LogP contribution in [0.3, 0.4) is 0 Å². The van der Waals surface area contributed by atoms with Crippen molar-refractivity contribution >= 4 is 49.4 Å². The average molecular weight is 410 g/mol. The molecule has 2 atom stereocenters. The molecule has 1 aliphatic carbocycles. The molecule has 0 heterocycles. The standard InChI is InChI=1S/C14H16Br2ClNO/c1-18(13-5-3-2-4-12(13)17)14(19)10-8-9(15)6-7-11(10)16/h6-8,12-13H,2-5H2,1H3. The first-order valence-corrected chi connectivity index (χ1v) is 8.39. The number of alkyl halides is 1. The van der Waals surface area contributed by atoms with E-state index in [0.29, 0.717) is 5.56 Å². The maximum absolute atomic E-state index is 12.6. The molecule has 0 radical (unpaired) electrons. The minimum atomic E-state index is 0.0192. The lowest BCUT2D eigenvalue weighted by molar-refractivity contribution is 0.0699. The van der Waals surface area contributed by atoms with Crippen molar-refractivity contribution in [3.63, 3.8) is 0 Å². The summed E-state index contributed by atoms with van der Waals surface area (Å²) in [6.07, 6.45) is 4.28. The number of hydrogen-bond donors (Lipinski definition) is 0. The lowest BCUT2D eigenvalue weighted by Gasteiger charge is -2.35. The number of halogens is 3. The number of amides is 1. The van der Waals surface area contributed by atoms with E-state index in [9.17, 15) is 4.79 Å². The zero-order valence-corrected chi connectivity index (χ0v) is 14.6. The highest BCUT2D eigenvalue weighted by Gasteiger charge is 2.30. The first-order valence-electron chi connectivity index (χ1n) is 6.37. The molecule has 1 amide bonds.